The number of amides is 1. The summed E-state index contributed by atoms with van der Waals surface area (Å²) in [6.45, 7) is 1.98. The third kappa shape index (κ3) is 2.29. The van der Waals surface area contributed by atoms with Crippen LogP contribution in [0.5, 0.6) is 0 Å². The molecule has 1 saturated heterocycles. The SMILES string of the molecule is Cc1cc(F)c(C(=O)N2CC[C@@H](O)C2)cc1F. The molecule has 0 aromatic heterocycles. The summed E-state index contributed by atoms with van der Waals surface area (Å²) in [6.07, 6.45) is -0.0980. The summed E-state index contributed by atoms with van der Waals surface area (Å²) in [5.41, 5.74) is -0.109. The zero-order valence-electron chi connectivity index (χ0n) is 9.41. The predicted molar refractivity (Wildman–Crippen MR) is 57.6 cm³/mol. The van der Waals surface area contributed by atoms with Gasteiger partial charge in [0, 0.05) is 13.1 Å². The molecule has 1 aliphatic rings. The molecule has 17 heavy (non-hydrogen) atoms. The number of aryl methyl sites for hydroxylation is 1. The van der Waals surface area contributed by atoms with Crippen molar-refractivity contribution in [2.24, 2.45) is 0 Å². The number of carbonyl (C=O) groups excluding carboxylic acids is 1. The Kier molecular flexibility index (Phi) is 3.11. The number of aliphatic hydroxyl groups is 1. The number of halogens is 2. The van der Waals surface area contributed by atoms with Crippen LogP contribution in [-0.4, -0.2) is 35.1 Å². The predicted octanol–water partition coefficient (Wildman–Crippen LogP) is 1.48. The highest BCUT2D eigenvalue weighted by molar-refractivity contribution is 5.94. The smallest absolute Gasteiger partial charge is 0.257 e. The molecular weight excluding hydrogens is 228 g/mol. The van der Waals surface area contributed by atoms with Crippen LogP contribution in [0.2, 0.25) is 0 Å². The molecule has 5 heteroatoms. The lowest BCUT2D eigenvalue weighted by atomic mass is 10.1. The quantitative estimate of drug-likeness (QED) is 0.809. The molecule has 92 valence electrons. The maximum absolute atomic E-state index is 13.6. The normalized spacial score (nSPS) is 19.8. The average Bonchev–Trinajstić information content (AvgIpc) is 2.69. The molecule has 1 amide bonds. The number of nitrogens with zero attached hydrogens (tertiary/aromatic N) is 1. The molecule has 0 radical (unpaired) electrons. The van der Waals surface area contributed by atoms with Crippen molar-refractivity contribution in [3.63, 3.8) is 0 Å². The van der Waals surface area contributed by atoms with Gasteiger partial charge in [0.15, 0.2) is 0 Å². The highest BCUT2D eigenvalue weighted by Gasteiger charge is 2.27. The van der Waals surface area contributed by atoms with Crippen LogP contribution in [0.4, 0.5) is 8.78 Å². The first-order valence-corrected chi connectivity index (χ1v) is 5.42. The van der Waals surface area contributed by atoms with Crippen LogP contribution in [0.3, 0.4) is 0 Å². The minimum absolute atomic E-state index is 0.167. The van der Waals surface area contributed by atoms with Crippen molar-refractivity contribution < 1.29 is 18.7 Å². The summed E-state index contributed by atoms with van der Waals surface area (Å²) < 4.78 is 26.9. The van der Waals surface area contributed by atoms with Gasteiger partial charge >= 0.3 is 0 Å². The van der Waals surface area contributed by atoms with Gasteiger partial charge < -0.3 is 10.0 Å². The zero-order valence-corrected chi connectivity index (χ0v) is 9.41. The van der Waals surface area contributed by atoms with E-state index in [0.717, 1.165) is 12.1 Å². The Morgan fingerprint density at radius 1 is 1.41 bits per heavy atom. The number of aliphatic hydroxyl groups excluding tert-OH is 1. The van der Waals surface area contributed by atoms with Crippen LogP contribution in [0.1, 0.15) is 22.3 Å². The van der Waals surface area contributed by atoms with Crippen molar-refractivity contribution >= 4 is 5.91 Å². The van der Waals surface area contributed by atoms with E-state index < -0.39 is 23.6 Å². The van der Waals surface area contributed by atoms with E-state index in [1.54, 1.807) is 0 Å². The van der Waals surface area contributed by atoms with E-state index in [4.69, 9.17) is 0 Å². The molecule has 0 unspecified atom stereocenters. The molecule has 1 fully saturated rings. The Morgan fingerprint density at radius 3 is 2.71 bits per heavy atom. The van der Waals surface area contributed by atoms with Gasteiger partial charge in [-0.1, -0.05) is 0 Å². The van der Waals surface area contributed by atoms with Crippen molar-refractivity contribution in [1.29, 1.82) is 0 Å². The molecule has 0 bridgehead atoms. The summed E-state index contributed by atoms with van der Waals surface area (Å²) in [7, 11) is 0. The number of benzene rings is 1. The maximum Gasteiger partial charge on any atom is 0.257 e. The fourth-order valence-corrected chi connectivity index (χ4v) is 1.91. The third-order valence-corrected chi connectivity index (χ3v) is 2.93. The fraction of sp³-hybridized carbons (Fsp3) is 0.417. The van der Waals surface area contributed by atoms with Crippen LogP contribution in [0.25, 0.3) is 0 Å². The molecule has 1 aromatic carbocycles. The van der Waals surface area contributed by atoms with Crippen LogP contribution >= 0.6 is 0 Å². The second-order valence-electron chi connectivity index (χ2n) is 4.27. The Morgan fingerprint density at radius 2 is 2.12 bits per heavy atom. The van der Waals surface area contributed by atoms with Crippen LogP contribution in [0, 0.1) is 18.6 Å². The van der Waals surface area contributed by atoms with Gasteiger partial charge in [0.05, 0.1) is 11.7 Å². The molecule has 2 rings (SSSR count). The first-order valence-electron chi connectivity index (χ1n) is 5.42. The number of likely N-dealkylation sites (tertiary alicyclic amines) is 1. The third-order valence-electron chi connectivity index (χ3n) is 2.93. The van der Waals surface area contributed by atoms with E-state index in [0.29, 0.717) is 13.0 Å². The Hall–Kier alpha value is -1.49. The maximum atomic E-state index is 13.6. The van der Waals surface area contributed by atoms with E-state index in [1.165, 1.54) is 11.8 Å². The van der Waals surface area contributed by atoms with E-state index in [9.17, 15) is 18.7 Å². The molecule has 1 N–H and O–H groups in total. The van der Waals surface area contributed by atoms with Gasteiger partial charge in [-0.05, 0) is 31.0 Å². The number of hydrogen-bond donors (Lipinski definition) is 1. The van der Waals surface area contributed by atoms with Crippen LogP contribution in [0.15, 0.2) is 12.1 Å². The average molecular weight is 241 g/mol. The lowest BCUT2D eigenvalue weighted by Gasteiger charge is -2.16. The van der Waals surface area contributed by atoms with E-state index in [1.807, 2.05) is 0 Å². The molecule has 1 heterocycles. The van der Waals surface area contributed by atoms with Gasteiger partial charge in [0.25, 0.3) is 5.91 Å². The zero-order chi connectivity index (χ0) is 12.6. The molecule has 1 aliphatic heterocycles. The molecule has 0 aliphatic carbocycles. The summed E-state index contributed by atoms with van der Waals surface area (Å²) in [4.78, 5) is 13.2. The Balaban J connectivity index is 2.28. The van der Waals surface area contributed by atoms with E-state index in [-0.39, 0.29) is 17.7 Å². The lowest BCUT2D eigenvalue weighted by molar-refractivity contribution is 0.0760. The molecule has 0 spiro atoms. The van der Waals surface area contributed by atoms with Gasteiger partial charge in [-0.15, -0.1) is 0 Å². The van der Waals surface area contributed by atoms with Crippen LogP contribution < -0.4 is 0 Å². The fourth-order valence-electron chi connectivity index (χ4n) is 1.91. The van der Waals surface area contributed by atoms with Gasteiger partial charge in [0.1, 0.15) is 11.6 Å². The van der Waals surface area contributed by atoms with Crippen molar-refractivity contribution in [3.05, 3.63) is 34.9 Å². The van der Waals surface area contributed by atoms with Crippen molar-refractivity contribution in [2.45, 2.75) is 19.4 Å². The molecule has 1 atom stereocenters. The number of carbonyl (C=O) groups is 1. The minimum Gasteiger partial charge on any atom is -0.391 e. The van der Waals surface area contributed by atoms with Gasteiger partial charge in [0.2, 0.25) is 0 Å². The summed E-state index contributed by atoms with van der Waals surface area (Å²) in [5, 5.41) is 9.30. The minimum atomic E-state index is -0.727. The van der Waals surface area contributed by atoms with Gasteiger partial charge in [-0.25, -0.2) is 8.78 Å². The second kappa shape index (κ2) is 4.41. The number of hydrogen-bond acceptors (Lipinski definition) is 2. The molecule has 0 saturated carbocycles. The Bertz CT molecular complexity index is 462. The van der Waals surface area contributed by atoms with Gasteiger partial charge in [-0.3, -0.25) is 4.79 Å². The van der Waals surface area contributed by atoms with E-state index >= 15 is 0 Å². The highest BCUT2D eigenvalue weighted by Crippen LogP contribution is 2.18. The monoisotopic (exact) mass is 241 g/mol. The molecular formula is C12H13F2NO2. The summed E-state index contributed by atoms with van der Waals surface area (Å²) >= 11 is 0. The van der Waals surface area contributed by atoms with E-state index in [2.05, 4.69) is 0 Å². The second-order valence-corrected chi connectivity index (χ2v) is 4.27. The number of rotatable bonds is 1. The summed E-state index contributed by atoms with van der Waals surface area (Å²) in [5.74, 6) is -1.90. The van der Waals surface area contributed by atoms with Crippen molar-refractivity contribution in [1.82, 2.24) is 4.90 Å². The molecule has 3 nitrogen and oxygen atoms in total. The number of β-amino-alcohol motifs (C(OH)–C–C–N with tert-alkyl or cyclic N) is 1. The molecule has 1 aromatic rings. The first-order chi connectivity index (χ1) is 7.99. The summed E-state index contributed by atoms with van der Waals surface area (Å²) in [6, 6.07) is 1.92. The standard InChI is InChI=1S/C12H13F2NO2/c1-7-4-11(14)9(5-10(7)13)12(17)15-3-2-8(16)6-15/h4-5,8,16H,2-3,6H2,1H3/t8-/m1/s1. The highest BCUT2D eigenvalue weighted by atomic mass is 19.1. The first kappa shape index (κ1) is 12.0. The van der Waals surface area contributed by atoms with Gasteiger partial charge in [-0.2, -0.15) is 0 Å². The van der Waals surface area contributed by atoms with Crippen molar-refractivity contribution in [2.75, 3.05) is 13.1 Å². The van der Waals surface area contributed by atoms with Crippen molar-refractivity contribution in [3.8, 4) is 0 Å². The van der Waals surface area contributed by atoms with Crippen LogP contribution in [-0.2, 0) is 0 Å². The topological polar surface area (TPSA) is 40.5 Å². The Labute approximate surface area is 97.7 Å². The lowest BCUT2D eigenvalue weighted by Crippen LogP contribution is -2.30. The largest absolute Gasteiger partial charge is 0.391 e.